The van der Waals surface area contributed by atoms with Gasteiger partial charge in [0.15, 0.2) is 0 Å². The van der Waals surface area contributed by atoms with Crippen LogP contribution in [0.5, 0.6) is 0 Å². The highest BCUT2D eigenvalue weighted by Gasteiger charge is 2.33. The molecule has 1 aliphatic carbocycles. The predicted octanol–water partition coefficient (Wildman–Crippen LogP) is 2.94. The van der Waals surface area contributed by atoms with E-state index in [4.69, 9.17) is 4.74 Å². The van der Waals surface area contributed by atoms with Crippen LogP contribution in [0.2, 0.25) is 0 Å². The summed E-state index contributed by atoms with van der Waals surface area (Å²) in [5.74, 6) is 0.106. The zero-order valence-corrected chi connectivity index (χ0v) is 17.2. The van der Waals surface area contributed by atoms with Gasteiger partial charge in [-0.2, -0.15) is 0 Å². The van der Waals surface area contributed by atoms with E-state index in [1.807, 2.05) is 0 Å². The van der Waals surface area contributed by atoms with Gasteiger partial charge in [-0.15, -0.1) is 0 Å². The molecular formula is C22H32FN3O4. The third-order valence-electron chi connectivity index (χ3n) is 5.92. The standard InChI is InChI=1S/C22H32FN3O4/c23-16-7-4-8-17(11-16)25-22(29)26-19-10-9-18(30-20(19)14-27)12-21(28)24-13-15-5-2-1-3-6-15/h4,7-8,11,15,18-20,27H,1-3,5-6,9-10,12-14H2,(H,24,28)(H2,25,26,29)/t18-,19+,20+/m1/s1. The number of aliphatic hydroxyl groups is 1. The highest BCUT2D eigenvalue weighted by atomic mass is 19.1. The van der Waals surface area contributed by atoms with Crippen LogP contribution in [-0.2, 0) is 9.53 Å². The lowest BCUT2D eigenvalue weighted by atomic mass is 9.89. The summed E-state index contributed by atoms with van der Waals surface area (Å²) in [6.45, 7) is 0.463. The van der Waals surface area contributed by atoms with Crippen molar-refractivity contribution >= 4 is 17.6 Å². The molecule has 4 N–H and O–H groups in total. The second-order valence-corrected chi connectivity index (χ2v) is 8.28. The summed E-state index contributed by atoms with van der Waals surface area (Å²) in [7, 11) is 0. The van der Waals surface area contributed by atoms with Crippen LogP contribution in [0.25, 0.3) is 0 Å². The Labute approximate surface area is 176 Å². The highest BCUT2D eigenvalue weighted by Crippen LogP contribution is 2.24. The van der Waals surface area contributed by atoms with Gasteiger partial charge in [-0.3, -0.25) is 4.79 Å². The molecule has 1 saturated carbocycles. The Hall–Kier alpha value is -2.19. The van der Waals surface area contributed by atoms with Gasteiger partial charge in [-0.05, 0) is 49.8 Å². The van der Waals surface area contributed by atoms with E-state index in [1.165, 1.54) is 50.3 Å². The lowest BCUT2D eigenvalue weighted by molar-refractivity contribution is -0.131. The van der Waals surface area contributed by atoms with E-state index < -0.39 is 18.0 Å². The van der Waals surface area contributed by atoms with Crippen LogP contribution >= 0.6 is 0 Å². The van der Waals surface area contributed by atoms with Crippen molar-refractivity contribution in [3.63, 3.8) is 0 Å². The van der Waals surface area contributed by atoms with Gasteiger partial charge in [0.1, 0.15) is 11.9 Å². The van der Waals surface area contributed by atoms with Crippen LogP contribution in [0.1, 0.15) is 51.4 Å². The molecule has 8 heteroatoms. The molecule has 2 aliphatic rings. The van der Waals surface area contributed by atoms with E-state index in [9.17, 15) is 19.1 Å². The summed E-state index contributed by atoms with van der Waals surface area (Å²) in [5.41, 5.74) is 0.345. The topological polar surface area (TPSA) is 99.7 Å². The molecule has 3 rings (SSSR count). The number of anilines is 1. The quantitative estimate of drug-likeness (QED) is 0.544. The maximum Gasteiger partial charge on any atom is 0.319 e. The summed E-state index contributed by atoms with van der Waals surface area (Å²) in [5, 5.41) is 18.0. The number of hydrogen-bond donors (Lipinski definition) is 4. The van der Waals surface area contributed by atoms with Gasteiger partial charge >= 0.3 is 6.03 Å². The molecule has 1 aliphatic heterocycles. The summed E-state index contributed by atoms with van der Waals surface area (Å²) in [6, 6.07) is 4.75. The third-order valence-corrected chi connectivity index (χ3v) is 5.92. The number of carbonyl (C=O) groups excluding carboxylic acids is 2. The van der Waals surface area contributed by atoms with Crippen molar-refractivity contribution in [2.75, 3.05) is 18.5 Å². The summed E-state index contributed by atoms with van der Waals surface area (Å²) in [4.78, 5) is 24.5. The normalized spacial score (nSPS) is 24.8. The van der Waals surface area contributed by atoms with E-state index in [-0.39, 0.29) is 31.1 Å². The van der Waals surface area contributed by atoms with Gasteiger partial charge in [0, 0.05) is 12.2 Å². The first-order valence-electron chi connectivity index (χ1n) is 10.9. The van der Waals surface area contributed by atoms with Crippen LogP contribution in [-0.4, -0.2) is 48.4 Å². The molecule has 7 nitrogen and oxygen atoms in total. The van der Waals surface area contributed by atoms with Gasteiger partial charge in [0.05, 0.1) is 25.2 Å². The molecule has 2 fully saturated rings. The zero-order valence-electron chi connectivity index (χ0n) is 17.2. The maximum absolute atomic E-state index is 13.2. The Morgan fingerprint density at radius 3 is 2.67 bits per heavy atom. The molecule has 3 amide bonds. The first kappa shape index (κ1) is 22.5. The lowest BCUT2D eigenvalue weighted by Crippen LogP contribution is -2.52. The smallest absolute Gasteiger partial charge is 0.319 e. The highest BCUT2D eigenvalue weighted by molar-refractivity contribution is 5.89. The molecule has 0 radical (unpaired) electrons. The van der Waals surface area contributed by atoms with E-state index >= 15 is 0 Å². The Balaban J connectivity index is 1.41. The van der Waals surface area contributed by atoms with Crippen molar-refractivity contribution in [2.24, 2.45) is 5.92 Å². The Kier molecular flexibility index (Phi) is 8.45. The summed E-state index contributed by atoms with van der Waals surface area (Å²) < 4.78 is 19.1. The second-order valence-electron chi connectivity index (χ2n) is 8.28. The average Bonchev–Trinajstić information content (AvgIpc) is 2.74. The van der Waals surface area contributed by atoms with E-state index in [1.54, 1.807) is 6.07 Å². The van der Waals surface area contributed by atoms with Gasteiger partial charge in [0.25, 0.3) is 0 Å². The van der Waals surface area contributed by atoms with Crippen LogP contribution < -0.4 is 16.0 Å². The van der Waals surface area contributed by atoms with E-state index in [0.29, 0.717) is 24.4 Å². The lowest BCUT2D eigenvalue weighted by Gasteiger charge is -2.36. The van der Waals surface area contributed by atoms with Crippen molar-refractivity contribution in [1.29, 1.82) is 0 Å². The number of hydrogen-bond acceptors (Lipinski definition) is 4. The van der Waals surface area contributed by atoms with Gasteiger partial charge < -0.3 is 25.8 Å². The van der Waals surface area contributed by atoms with Crippen LogP contribution in [0.3, 0.4) is 0 Å². The van der Waals surface area contributed by atoms with Crippen molar-refractivity contribution in [2.45, 2.75) is 69.6 Å². The van der Waals surface area contributed by atoms with Crippen LogP contribution in [0, 0.1) is 11.7 Å². The van der Waals surface area contributed by atoms with Crippen molar-refractivity contribution < 1.29 is 23.8 Å². The van der Waals surface area contributed by atoms with Crippen LogP contribution in [0.4, 0.5) is 14.9 Å². The first-order chi connectivity index (χ1) is 14.5. The monoisotopic (exact) mass is 421 g/mol. The molecule has 1 saturated heterocycles. The number of nitrogens with one attached hydrogen (secondary N) is 3. The third kappa shape index (κ3) is 6.95. The fourth-order valence-electron chi connectivity index (χ4n) is 4.28. The zero-order chi connectivity index (χ0) is 21.3. The molecule has 0 unspecified atom stereocenters. The van der Waals surface area contributed by atoms with E-state index in [2.05, 4.69) is 16.0 Å². The number of amides is 3. The van der Waals surface area contributed by atoms with Crippen molar-refractivity contribution in [1.82, 2.24) is 10.6 Å². The van der Waals surface area contributed by atoms with Gasteiger partial charge in [-0.25, -0.2) is 9.18 Å². The molecule has 0 bridgehead atoms. The molecular weight excluding hydrogens is 389 g/mol. The summed E-state index contributed by atoms with van der Waals surface area (Å²) in [6.07, 6.45) is 6.71. The molecule has 1 aromatic rings. The molecule has 0 spiro atoms. The van der Waals surface area contributed by atoms with Gasteiger partial charge in [0.2, 0.25) is 5.91 Å². The van der Waals surface area contributed by atoms with E-state index in [0.717, 1.165) is 6.54 Å². The van der Waals surface area contributed by atoms with Crippen molar-refractivity contribution in [3.05, 3.63) is 30.1 Å². The number of urea groups is 1. The fraction of sp³-hybridized carbons (Fsp3) is 0.636. The average molecular weight is 422 g/mol. The minimum absolute atomic E-state index is 0.0301. The van der Waals surface area contributed by atoms with Gasteiger partial charge in [-0.1, -0.05) is 25.3 Å². The predicted molar refractivity (Wildman–Crippen MR) is 112 cm³/mol. The molecule has 1 heterocycles. The Morgan fingerprint density at radius 1 is 1.13 bits per heavy atom. The molecule has 30 heavy (non-hydrogen) atoms. The van der Waals surface area contributed by atoms with Crippen molar-refractivity contribution in [3.8, 4) is 0 Å². The minimum Gasteiger partial charge on any atom is -0.394 e. The summed E-state index contributed by atoms with van der Waals surface area (Å²) >= 11 is 0. The Morgan fingerprint density at radius 2 is 1.93 bits per heavy atom. The molecule has 3 atom stereocenters. The number of carbonyl (C=O) groups is 2. The molecule has 166 valence electrons. The first-order valence-corrected chi connectivity index (χ1v) is 10.9. The van der Waals surface area contributed by atoms with Crippen LogP contribution in [0.15, 0.2) is 24.3 Å². The molecule has 1 aromatic carbocycles. The SMILES string of the molecule is O=C(C[C@H]1CC[C@H](NC(=O)Nc2cccc(F)c2)[C@H](CO)O1)NCC1CCCCC1. The second kappa shape index (κ2) is 11.3. The number of aliphatic hydroxyl groups excluding tert-OH is 1. The fourth-order valence-corrected chi connectivity index (χ4v) is 4.28. The maximum atomic E-state index is 13.2. The largest absolute Gasteiger partial charge is 0.394 e. The minimum atomic E-state index is -0.590. The number of rotatable bonds is 7. The molecule has 0 aromatic heterocycles. The Bertz CT molecular complexity index is 711. The number of halogens is 1. The number of ether oxygens (including phenoxy) is 1. The number of benzene rings is 1.